The van der Waals surface area contributed by atoms with E-state index in [-0.39, 0.29) is 12.2 Å². The summed E-state index contributed by atoms with van der Waals surface area (Å²) >= 11 is 0. The predicted octanol–water partition coefficient (Wildman–Crippen LogP) is 1.74. The standard InChI is InChI=1S/C11H23NO4S/c1-2-3-4-5-6-7-9-12-17(15,16)10-8-11(13)14/h12H,2-10H2,1H3,(H,13,14). The first-order valence-corrected chi connectivity index (χ1v) is 7.82. The van der Waals surface area contributed by atoms with E-state index in [0.29, 0.717) is 6.54 Å². The van der Waals surface area contributed by atoms with Gasteiger partial charge in [0.2, 0.25) is 10.0 Å². The van der Waals surface area contributed by atoms with Gasteiger partial charge in [-0.25, -0.2) is 13.1 Å². The van der Waals surface area contributed by atoms with Crippen LogP contribution < -0.4 is 4.72 Å². The third-order valence-electron chi connectivity index (χ3n) is 2.44. The first-order chi connectivity index (χ1) is 7.98. The Kier molecular flexibility index (Phi) is 9.07. The third kappa shape index (κ3) is 11.6. The van der Waals surface area contributed by atoms with Crippen LogP contribution in [0.5, 0.6) is 0 Å². The van der Waals surface area contributed by atoms with Gasteiger partial charge in [-0.3, -0.25) is 4.79 Å². The molecule has 17 heavy (non-hydrogen) atoms. The Bertz CT molecular complexity index is 301. The van der Waals surface area contributed by atoms with Crippen LogP contribution >= 0.6 is 0 Å². The van der Waals surface area contributed by atoms with Gasteiger partial charge in [0.05, 0.1) is 12.2 Å². The Morgan fingerprint density at radius 2 is 1.71 bits per heavy atom. The molecule has 0 heterocycles. The normalized spacial score (nSPS) is 11.6. The largest absolute Gasteiger partial charge is 0.481 e. The number of hydrogen-bond donors (Lipinski definition) is 2. The summed E-state index contributed by atoms with van der Waals surface area (Å²) in [7, 11) is -3.40. The summed E-state index contributed by atoms with van der Waals surface area (Å²) in [5, 5.41) is 8.38. The molecule has 0 fully saturated rings. The number of carbonyl (C=O) groups is 1. The van der Waals surface area contributed by atoms with Crippen molar-refractivity contribution < 1.29 is 18.3 Å². The van der Waals surface area contributed by atoms with Crippen LogP contribution in [0.2, 0.25) is 0 Å². The van der Waals surface area contributed by atoms with Crippen molar-refractivity contribution in [1.82, 2.24) is 4.72 Å². The van der Waals surface area contributed by atoms with Gasteiger partial charge in [-0.15, -0.1) is 0 Å². The minimum atomic E-state index is -3.40. The highest BCUT2D eigenvalue weighted by Gasteiger charge is 2.11. The molecule has 0 aliphatic rings. The second-order valence-electron chi connectivity index (χ2n) is 4.12. The fraction of sp³-hybridized carbons (Fsp3) is 0.909. The molecular weight excluding hydrogens is 242 g/mol. The quantitative estimate of drug-likeness (QED) is 0.557. The van der Waals surface area contributed by atoms with E-state index >= 15 is 0 Å². The van der Waals surface area contributed by atoms with Gasteiger partial charge in [-0.1, -0.05) is 39.0 Å². The zero-order valence-electron chi connectivity index (χ0n) is 10.4. The number of carboxylic acids is 1. The molecule has 5 nitrogen and oxygen atoms in total. The van der Waals surface area contributed by atoms with Crippen molar-refractivity contribution in [3.63, 3.8) is 0 Å². The lowest BCUT2D eigenvalue weighted by Crippen LogP contribution is -2.28. The number of aliphatic carboxylic acids is 1. The molecule has 0 aliphatic heterocycles. The molecule has 0 aliphatic carbocycles. The maximum Gasteiger partial charge on any atom is 0.304 e. The molecule has 6 heteroatoms. The van der Waals surface area contributed by atoms with Crippen molar-refractivity contribution >= 4 is 16.0 Å². The smallest absolute Gasteiger partial charge is 0.304 e. The molecule has 0 unspecified atom stereocenters. The number of nitrogens with one attached hydrogen (secondary N) is 1. The predicted molar refractivity (Wildman–Crippen MR) is 67.4 cm³/mol. The molecule has 0 aromatic heterocycles. The van der Waals surface area contributed by atoms with Crippen molar-refractivity contribution in [2.24, 2.45) is 0 Å². The molecule has 0 spiro atoms. The molecule has 0 aromatic rings. The highest BCUT2D eigenvalue weighted by Crippen LogP contribution is 2.04. The molecule has 0 aromatic carbocycles. The fourth-order valence-electron chi connectivity index (χ4n) is 1.43. The van der Waals surface area contributed by atoms with Gasteiger partial charge >= 0.3 is 5.97 Å². The van der Waals surface area contributed by atoms with Gasteiger partial charge < -0.3 is 5.11 Å². The van der Waals surface area contributed by atoms with Crippen LogP contribution in [0.15, 0.2) is 0 Å². The summed E-state index contributed by atoms with van der Waals surface area (Å²) in [6, 6.07) is 0. The summed E-state index contributed by atoms with van der Waals surface area (Å²) in [4.78, 5) is 10.2. The topological polar surface area (TPSA) is 83.5 Å². The van der Waals surface area contributed by atoms with Crippen LogP contribution in [0.25, 0.3) is 0 Å². The van der Waals surface area contributed by atoms with Crippen molar-refractivity contribution in [1.29, 1.82) is 0 Å². The highest BCUT2D eigenvalue weighted by molar-refractivity contribution is 7.89. The van der Waals surface area contributed by atoms with Crippen molar-refractivity contribution in [2.45, 2.75) is 51.9 Å². The number of rotatable bonds is 11. The zero-order valence-corrected chi connectivity index (χ0v) is 11.3. The Hall–Kier alpha value is -0.620. The van der Waals surface area contributed by atoms with Crippen molar-refractivity contribution in [2.75, 3.05) is 12.3 Å². The van der Waals surface area contributed by atoms with Crippen molar-refractivity contribution in [3.8, 4) is 0 Å². The van der Waals surface area contributed by atoms with E-state index in [9.17, 15) is 13.2 Å². The molecule has 0 bridgehead atoms. The second kappa shape index (κ2) is 9.41. The maximum atomic E-state index is 11.3. The van der Waals surface area contributed by atoms with Crippen molar-refractivity contribution in [3.05, 3.63) is 0 Å². The average Bonchev–Trinajstić information content (AvgIpc) is 2.25. The maximum absolute atomic E-state index is 11.3. The Morgan fingerprint density at radius 1 is 1.12 bits per heavy atom. The van der Waals surface area contributed by atoms with E-state index in [1.54, 1.807) is 0 Å². The molecule has 0 atom stereocenters. The van der Waals surface area contributed by atoms with Crippen LogP contribution in [0.4, 0.5) is 0 Å². The monoisotopic (exact) mass is 265 g/mol. The number of hydrogen-bond acceptors (Lipinski definition) is 3. The SMILES string of the molecule is CCCCCCCCNS(=O)(=O)CCC(=O)O. The van der Waals surface area contributed by atoms with E-state index in [2.05, 4.69) is 11.6 Å². The van der Waals surface area contributed by atoms with Gasteiger partial charge in [0.15, 0.2) is 0 Å². The summed E-state index contributed by atoms with van der Waals surface area (Å²) in [6.07, 6.45) is 6.24. The lowest BCUT2D eigenvalue weighted by Gasteiger charge is -2.05. The van der Waals surface area contributed by atoms with Crippen LogP contribution in [0.1, 0.15) is 51.9 Å². The van der Waals surface area contributed by atoms with E-state index < -0.39 is 16.0 Å². The first-order valence-electron chi connectivity index (χ1n) is 6.17. The van der Waals surface area contributed by atoms with Crippen LogP contribution in [0.3, 0.4) is 0 Å². The van der Waals surface area contributed by atoms with E-state index in [1.165, 1.54) is 19.3 Å². The van der Waals surface area contributed by atoms with Crippen LogP contribution in [-0.4, -0.2) is 31.8 Å². The summed E-state index contributed by atoms with van der Waals surface area (Å²) in [5.74, 6) is -1.42. The zero-order chi connectivity index (χ0) is 13.1. The Morgan fingerprint density at radius 3 is 2.29 bits per heavy atom. The summed E-state index contributed by atoms with van der Waals surface area (Å²) in [6.45, 7) is 2.56. The number of unbranched alkanes of at least 4 members (excludes halogenated alkanes) is 5. The lowest BCUT2D eigenvalue weighted by molar-refractivity contribution is -0.136. The van der Waals surface area contributed by atoms with Crippen LogP contribution in [0, 0.1) is 0 Å². The highest BCUT2D eigenvalue weighted by atomic mass is 32.2. The van der Waals surface area contributed by atoms with E-state index in [4.69, 9.17) is 5.11 Å². The Labute approximate surface area is 104 Å². The van der Waals surface area contributed by atoms with Crippen LogP contribution in [-0.2, 0) is 14.8 Å². The minimum absolute atomic E-state index is 0.335. The number of carboxylic acid groups (broad SMARTS) is 1. The van der Waals surface area contributed by atoms with Gasteiger partial charge in [0.25, 0.3) is 0 Å². The number of sulfonamides is 1. The Balaban J connectivity index is 3.49. The van der Waals surface area contributed by atoms with E-state index in [1.807, 2.05) is 0 Å². The summed E-state index contributed by atoms with van der Waals surface area (Å²) in [5.41, 5.74) is 0. The molecule has 0 rings (SSSR count). The molecule has 2 N–H and O–H groups in total. The summed E-state index contributed by atoms with van der Waals surface area (Å²) < 4.78 is 25.0. The third-order valence-corrected chi connectivity index (χ3v) is 3.82. The van der Waals surface area contributed by atoms with Gasteiger partial charge in [-0.05, 0) is 6.42 Å². The van der Waals surface area contributed by atoms with Gasteiger partial charge in [-0.2, -0.15) is 0 Å². The molecular formula is C11H23NO4S. The van der Waals surface area contributed by atoms with Gasteiger partial charge in [0, 0.05) is 6.54 Å². The fourth-order valence-corrected chi connectivity index (χ4v) is 2.47. The minimum Gasteiger partial charge on any atom is -0.481 e. The molecule has 0 amide bonds. The van der Waals surface area contributed by atoms with Gasteiger partial charge in [0.1, 0.15) is 0 Å². The molecule has 0 saturated carbocycles. The molecule has 102 valence electrons. The lowest BCUT2D eigenvalue weighted by atomic mass is 10.1. The molecule has 0 saturated heterocycles. The first kappa shape index (κ1) is 16.4. The second-order valence-corrected chi connectivity index (χ2v) is 6.05. The average molecular weight is 265 g/mol. The van der Waals surface area contributed by atoms with E-state index in [0.717, 1.165) is 19.3 Å². The molecule has 0 radical (unpaired) electrons.